The van der Waals surface area contributed by atoms with Gasteiger partial charge in [-0.2, -0.15) is 0 Å². The Balaban J connectivity index is 1.71. The highest BCUT2D eigenvalue weighted by molar-refractivity contribution is 5.62. The van der Waals surface area contributed by atoms with Crippen molar-refractivity contribution >= 4 is 11.5 Å². The Kier molecular flexibility index (Phi) is 7.65. The highest BCUT2D eigenvalue weighted by Gasteiger charge is 2.35. The fraction of sp³-hybridized carbons (Fsp3) is 0.462. The molecule has 0 bridgehead atoms. The molecule has 0 amide bonds. The third-order valence-corrected chi connectivity index (χ3v) is 6.36. The van der Waals surface area contributed by atoms with Crippen LogP contribution in [0.3, 0.4) is 0 Å². The van der Waals surface area contributed by atoms with E-state index in [1.54, 1.807) is 23.9 Å². The molecule has 0 aliphatic carbocycles. The average Bonchev–Trinajstić information content (AvgIpc) is 3.28. The van der Waals surface area contributed by atoms with Crippen LogP contribution in [0.25, 0.3) is 11.4 Å². The predicted octanol–water partition coefficient (Wildman–Crippen LogP) is 3.31. The Hall–Kier alpha value is -3.46. The number of anilines is 2. The standard InChI is InChI=1S/C26H34N6O3/c1-6-19-24(29-20-15-31(16-21(20)35-8-3)22-11-9-10-14-27-22)26(33)32(7-2)25(30-19)18-12-13-23(34-5)28-17(18)4/h9-14,20-21,29H,6-8,15-16H2,1-5H3/t20-,21+/m1/s1. The molecule has 9 heteroatoms. The Morgan fingerprint density at radius 3 is 2.57 bits per heavy atom. The van der Waals surface area contributed by atoms with Crippen LogP contribution in [-0.2, 0) is 17.7 Å². The molecule has 9 nitrogen and oxygen atoms in total. The Morgan fingerprint density at radius 2 is 1.94 bits per heavy atom. The number of methoxy groups -OCH3 is 1. The third-order valence-electron chi connectivity index (χ3n) is 6.36. The lowest BCUT2D eigenvalue weighted by atomic mass is 10.1. The number of hydrogen-bond donors (Lipinski definition) is 1. The number of pyridine rings is 2. The Bertz CT molecular complexity index is 1210. The van der Waals surface area contributed by atoms with Crippen molar-refractivity contribution in [2.75, 3.05) is 37.0 Å². The first kappa shape index (κ1) is 24.7. The smallest absolute Gasteiger partial charge is 0.277 e. The molecule has 1 aliphatic heterocycles. The third kappa shape index (κ3) is 5.00. The van der Waals surface area contributed by atoms with Gasteiger partial charge in [-0.15, -0.1) is 0 Å². The molecule has 4 heterocycles. The summed E-state index contributed by atoms with van der Waals surface area (Å²) in [6.45, 7) is 10.3. The molecule has 0 unspecified atom stereocenters. The lowest BCUT2D eigenvalue weighted by Gasteiger charge is -2.23. The molecule has 0 saturated carbocycles. The minimum absolute atomic E-state index is 0.0719. The van der Waals surface area contributed by atoms with Gasteiger partial charge in [-0.3, -0.25) is 9.36 Å². The minimum atomic E-state index is -0.0869. The number of nitrogens with zero attached hydrogens (tertiary/aromatic N) is 5. The number of nitrogens with one attached hydrogen (secondary N) is 1. The van der Waals surface area contributed by atoms with Crippen molar-refractivity contribution in [1.82, 2.24) is 19.5 Å². The number of ether oxygens (including phenoxy) is 2. The summed E-state index contributed by atoms with van der Waals surface area (Å²) in [5, 5.41) is 3.52. The zero-order valence-corrected chi connectivity index (χ0v) is 21.1. The van der Waals surface area contributed by atoms with Crippen LogP contribution < -0.4 is 20.5 Å². The number of aryl methyl sites for hydroxylation is 2. The van der Waals surface area contributed by atoms with E-state index in [0.29, 0.717) is 50.1 Å². The summed E-state index contributed by atoms with van der Waals surface area (Å²) in [4.78, 5) is 29.9. The largest absolute Gasteiger partial charge is 0.481 e. The summed E-state index contributed by atoms with van der Waals surface area (Å²) >= 11 is 0. The molecule has 0 radical (unpaired) electrons. The second kappa shape index (κ2) is 10.9. The summed E-state index contributed by atoms with van der Waals surface area (Å²) in [6.07, 6.45) is 2.33. The van der Waals surface area contributed by atoms with Gasteiger partial charge < -0.3 is 19.7 Å². The molecule has 1 saturated heterocycles. The van der Waals surface area contributed by atoms with Gasteiger partial charge in [0.05, 0.1) is 30.6 Å². The van der Waals surface area contributed by atoms with Crippen LogP contribution in [0.1, 0.15) is 32.2 Å². The van der Waals surface area contributed by atoms with E-state index in [1.807, 2.05) is 52.0 Å². The van der Waals surface area contributed by atoms with Crippen molar-refractivity contribution in [2.24, 2.45) is 0 Å². The van der Waals surface area contributed by atoms with Crippen LogP contribution in [0.2, 0.25) is 0 Å². The van der Waals surface area contributed by atoms with E-state index in [2.05, 4.69) is 20.2 Å². The second-order valence-corrected chi connectivity index (χ2v) is 8.48. The molecule has 2 atom stereocenters. The van der Waals surface area contributed by atoms with Gasteiger partial charge in [0.1, 0.15) is 17.3 Å². The van der Waals surface area contributed by atoms with E-state index in [9.17, 15) is 4.79 Å². The zero-order chi connectivity index (χ0) is 24.9. The van der Waals surface area contributed by atoms with Crippen LogP contribution in [0.4, 0.5) is 11.5 Å². The van der Waals surface area contributed by atoms with Gasteiger partial charge in [0.25, 0.3) is 5.56 Å². The average molecular weight is 479 g/mol. The maximum Gasteiger partial charge on any atom is 0.277 e. The van der Waals surface area contributed by atoms with Gasteiger partial charge >= 0.3 is 0 Å². The van der Waals surface area contributed by atoms with Gasteiger partial charge in [-0.25, -0.2) is 15.0 Å². The summed E-state index contributed by atoms with van der Waals surface area (Å²) in [5.74, 6) is 2.06. The molecule has 0 spiro atoms. The maximum atomic E-state index is 13.8. The summed E-state index contributed by atoms with van der Waals surface area (Å²) in [6, 6.07) is 9.51. The lowest BCUT2D eigenvalue weighted by Crippen LogP contribution is -2.38. The van der Waals surface area contributed by atoms with Gasteiger partial charge in [0, 0.05) is 44.1 Å². The quantitative estimate of drug-likeness (QED) is 0.501. The van der Waals surface area contributed by atoms with Crippen LogP contribution in [0, 0.1) is 6.92 Å². The SMILES string of the molecule is CCO[C@H]1CN(c2ccccn2)C[C@H]1Nc1c(CC)nc(-c2ccc(OC)nc2C)n(CC)c1=O. The van der Waals surface area contributed by atoms with Gasteiger partial charge in [0.15, 0.2) is 0 Å². The van der Waals surface area contributed by atoms with Gasteiger partial charge in [-0.05, 0) is 45.4 Å². The van der Waals surface area contributed by atoms with Crippen LogP contribution in [0.15, 0.2) is 41.3 Å². The molecule has 1 aliphatic rings. The number of hydrogen-bond acceptors (Lipinski definition) is 8. The van der Waals surface area contributed by atoms with E-state index in [0.717, 1.165) is 22.8 Å². The first-order valence-electron chi connectivity index (χ1n) is 12.2. The molecular formula is C26H34N6O3. The topological polar surface area (TPSA) is 94.4 Å². The summed E-state index contributed by atoms with van der Waals surface area (Å²) in [5.41, 5.74) is 2.77. The fourth-order valence-corrected chi connectivity index (χ4v) is 4.60. The fourth-order valence-electron chi connectivity index (χ4n) is 4.60. The lowest BCUT2D eigenvalue weighted by molar-refractivity contribution is 0.0719. The van der Waals surface area contributed by atoms with E-state index < -0.39 is 0 Å². The van der Waals surface area contributed by atoms with Crippen LogP contribution in [-0.4, -0.2) is 58.5 Å². The summed E-state index contributed by atoms with van der Waals surface area (Å²) < 4.78 is 13.0. The Morgan fingerprint density at radius 1 is 1.11 bits per heavy atom. The van der Waals surface area contributed by atoms with Crippen LogP contribution >= 0.6 is 0 Å². The second-order valence-electron chi connectivity index (χ2n) is 8.48. The van der Waals surface area contributed by atoms with Gasteiger partial charge in [0.2, 0.25) is 5.88 Å². The first-order chi connectivity index (χ1) is 17.0. The van der Waals surface area contributed by atoms with Crippen molar-refractivity contribution < 1.29 is 9.47 Å². The van der Waals surface area contributed by atoms with E-state index in [4.69, 9.17) is 14.5 Å². The number of aromatic nitrogens is 4. The van der Waals surface area contributed by atoms with Gasteiger partial charge in [-0.1, -0.05) is 13.0 Å². The molecule has 186 valence electrons. The van der Waals surface area contributed by atoms with E-state index >= 15 is 0 Å². The first-order valence-corrected chi connectivity index (χ1v) is 12.2. The summed E-state index contributed by atoms with van der Waals surface area (Å²) in [7, 11) is 1.59. The molecule has 4 rings (SSSR count). The monoisotopic (exact) mass is 478 g/mol. The van der Waals surface area contributed by atoms with Crippen LogP contribution in [0.5, 0.6) is 5.88 Å². The molecule has 1 fully saturated rings. The van der Waals surface area contributed by atoms with Crippen molar-refractivity contribution in [1.29, 1.82) is 0 Å². The van der Waals surface area contributed by atoms with E-state index in [-0.39, 0.29) is 17.7 Å². The van der Waals surface area contributed by atoms with Crippen molar-refractivity contribution in [2.45, 2.75) is 52.8 Å². The highest BCUT2D eigenvalue weighted by atomic mass is 16.5. The van der Waals surface area contributed by atoms with E-state index in [1.165, 1.54) is 0 Å². The zero-order valence-electron chi connectivity index (χ0n) is 21.1. The molecule has 3 aromatic rings. The molecule has 3 aromatic heterocycles. The minimum Gasteiger partial charge on any atom is -0.481 e. The molecular weight excluding hydrogens is 444 g/mol. The molecule has 0 aromatic carbocycles. The van der Waals surface area contributed by atoms with Crippen molar-refractivity contribution in [3.63, 3.8) is 0 Å². The highest BCUT2D eigenvalue weighted by Crippen LogP contribution is 2.26. The maximum absolute atomic E-state index is 13.8. The molecule has 35 heavy (non-hydrogen) atoms. The molecule has 1 N–H and O–H groups in total. The Labute approximate surface area is 206 Å². The normalized spacial score (nSPS) is 17.6. The van der Waals surface area contributed by atoms with Crippen molar-refractivity contribution in [3.05, 3.63) is 58.3 Å². The predicted molar refractivity (Wildman–Crippen MR) is 137 cm³/mol. The number of rotatable bonds is 9. The van der Waals surface area contributed by atoms with Crippen molar-refractivity contribution in [3.8, 4) is 17.3 Å².